The van der Waals surface area contributed by atoms with Crippen LogP contribution in [0.2, 0.25) is 0 Å². The second kappa shape index (κ2) is 16.7. The summed E-state index contributed by atoms with van der Waals surface area (Å²) in [6, 6.07) is 14.4. The number of pyridine rings is 1. The summed E-state index contributed by atoms with van der Waals surface area (Å²) in [6.07, 6.45) is 26.6. The zero-order valence-electron chi connectivity index (χ0n) is 32.8. The highest BCUT2D eigenvalue weighted by Gasteiger charge is 2.27. The molecule has 0 bridgehead atoms. The van der Waals surface area contributed by atoms with Gasteiger partial charge in [-0.2, -0.15) is 0 Å². The van der Waals surface area contributed by atoms with E-state index in [1.807, 2.05) is 0 Å². The fourth-order valence-electron chi connectivity index (χ4n) is 10.3. The van der Waals surface area contributed by atoms with E-state index in [-0.39, 0.29) is 0 Å². The lowest BCUT2D eigenvalue weighted by atomic mass is 9.78. The van der Waals surface area contributed by atoms with Crippen LogP contribution in [-0.2, 0) is 0 Å². The zero-order valence-corrected chi connectivity index (χ0v) is 32.8. The Hall–Kier alpha value is -3.07. The molecule has 0 N–H and O–H groups in total. The number of hydrogen-bond acceptors (Lipinski definition) is 3. The molecule has 1 heterocycles. The molecule has 4 saturated carbocycles. The maximum Gasteiger partial charge on any atom is 0.0852 e. The highest BCUT2D eigenvalue weighted by atomic mass is 14.8. The van der Waals surface area contributed by atoms with Crippen molar-refractivity contribution in [3.63, 3.8) is 0 Å². The lowest BCUT2D eigenvalue weighted by molar-refractivity contribution is 0.436. The van der Waals surface area contributed by atoms with E-state index in [1.54, 1.807) is 0 Å². The molecule has 3 heteroatoms. The molecule has 0 atom stereocenters. The van der Waals surface area contributed by atoms with Gasteiger partial charge in [0.15, 0.2) is 0 Å². The minimum Gasteiger partial charge on any atom is -0.251 e. The van der Waals surface area contributed by atoms with Crippen LogP contribution in [0, 0.1) is 20.8 Å². The molecule has 0 amide bonds. The van der Waals surface area contributed by atoms with Gasteiger partial charge in [-0.05, 0) is 150 Å². The van der Waals surface area contributed by atoms with E-state index in [1.165, 1.54) is 179 Å². The predicted molar refractivity (Wildman–Crippen MR) is 218 cm³/mol. The van der Waals surface area contributed by atoms with E-state index in [4.69, 9.17) is 15.0 Å². The molecular formula is C48H65N3. The maximum absolute atomic E-state index is 5.62. The van der Waals surface area contributed by atoms with Crippen LogP contribution in [0.25, 0.3) is 0 Å². The van der Waals surface area contributed by atoms with Gasteiger partial charge >= 0.3 is 0 Å². The Morgan fingerprint density at radius 1 is 0.412 bits per heavy atom. The number of aromatic nitrogens is 1. The quantitative estimate of drug-likeness (QED) is 0.218. The molecule has 7 rings (SSSR count). The Balaban J connectivity index is 1.29. The van der Waals surface area contributed by atoms with E-state index >= 15 is 0 Å². The number of benzene rings is 2. The first-order valence-electron chi connectivity index (χ1n) is 21.2. The van der Waals surface area contributed by atoms with Crippen molar-refractivity contribution in [1.82, 2.24) is 4.98 Å². The highest BCUT2D eigenvalue weighted by molar-refractivity contribution is 6.03. The summed E-state index contributed by atoms with van der Waals surface area (Å²) in [5.41, 5.74) is 16.7. The van der Waals surface area contributed by atoms with Crippen LogP contribution in [0.3, 0.4) is 0 Å². The third-order valence-electron chi connectivity index (χ3n) is 13.1. The molecule has 0 radical (unpaired) electrons. The van der Waals surface area contributed by atoms with Gasteiger partial charge in [-0.25, -0.2) is 4.98 Å². The van der Waals surface area contributed by atoms with Crippen molar-refractivity contribution < 1.29 is 0 Å². The van der Waals surface area contributed by atoms with Gasteiger partial charge in [0.05, 0.1) is 34.2 Å². The molecule has 0 saturated heterocycles. The molecule has 3 aromatic rings. The lowest BCUT2D eigenvalue weighted by Crippen LogP contribution is -2.12. The van der Waals surface area contributed by atoms with E-state index < -0.39 is 0 Å². The third kappa shape index (κ3) is 8.60. The monoisotopic (exact) mass is 684 g/mol. The largest absolute Gasteiger partial charge is 0.251 e. The average molecular weight is 684 g/mol. The van der Waals surface area contributed by atoms with E-state index in [9.17, 15) is 0 Å². The fraction of sp³-hybridized carbons (Fsp3) is 0.604. The molecule has 2 aromatic carbocycles. The van der Waals surface area contributed by atoms with Crippen LogP contribution < -0.4 is 0 Å². The van der Waals surface area contributed by atoms with Crippen LogP contribution in [0.4, 0.5) is 11.4 Å². The number of rotatable bonds is 8. The summed E-state index contributed by atoms with van der Waals surface area (Å²) in [7, 11) is 0. The van der Waals surface area contributed by atoms with E-state index in [2.05, 4.69) is 71.0 Å². The fourth-order valence-corrected chi connectivity index (χ4v) is 10.3. The van der Waals surface area contributed by atoms with Gasteiger partial charge in [0.25, 0.3) is 0 Å². The van der Waals surface area contributed by atoms with Gasteiger partial charge < -0.3 is 0 Å². The first-order chi connectivity index (χ1) is 24.8. The van der Waals surface area contributed by atoms with Crippen molar-refractivity contribution in [2.45, 2.75) is 187 Å². The molecule has 272 valence electrons. The molecule has 51 heavy (non-hydrogen) atoms. The normalized spacial score (nSPS) is 21.0. The molecule has 0 unspecified atom stereocenters. The van der Waals surface area contributed by atoms with Gasteiger partial charge in [0.1, 0.15) is 0 Å². The molecule has 0 spiro atoms. The summed E-state index contributed by atoms with van der Waals surface area (Å²) in [5.74, 6) is 2.48. The first kappa shape index (κ1) is 36.3. The molecule has 3 nitrogen and oxygen atoms in total. The smallest absolute Gasteiger partial charge is 0.0852 e. The van der Waals surface area contributed by atoms with Gasteiger partial charge in [-0.15, -0.1) is 0 Å². The predicted octanol–water partition coefficient (Wildman–Crippen LogP) is 14.5. The Morgan fingerprint density at radius 3 is 0.941 bits per heavy atom. The van der Waals surface area contributed by atoms with E-state index in [0.29, 0.717) is 23.7 Å². The third-order valence-corrected chi connectivity index (χ3v) is 13.1. The van der Waals surface area contributed by atoms with Gasteiger partial charge in [0.2, 0.25) is 0 Å². The number of aryl methyl sites for hydroxylation is 3. The zero-order chi connectivity index (χ0) is 35.3. The Kier molecular flexibility index (Phi) is 11.9. The van der Waals surface area contributed by atoms with Crippen molar-refractivity contribution in [1.29, 1.82) is 0 Å². The number of nitrogens with zero attached hydrogens (tertiary/aromatic N) is 3. The van der Waals surface area contributed by atoms with Crippen LogP contribution in [0.15, 0.2) is 46.4 Å². The van der Waals surface area contributed by atoms with Gasteiger partial charge in [0, 0.05) is 0 Å². The summed E-state index contributed by atoms with van der Waals surface area (Å²) in [6.45, 7) is 11.2. The van der Waals surface area contributed by atoms with Crippen LogP contribution in [0.5, 0.6) is 0 Å². The van der Waals surface area contributed by atoms with Crippen LogP contribution in [0.1, 0.15) is 216 Å². The van der Waals surface area contributed by atoms with Crippen molar-refractivity contribution in [2.75, 3.05) is 0 Å². The van der Waals surface area contributed by atoms with Crippen LogP contribution >= 0.6 is 0 Å². The first-order valence-corrected chi connectivity index (χ1v) is 21.2. The maximum atomic E-state index is 5.62. The Morgan fingerprint density at radius 2 is 0.667 bits per heavy atom. The molecule has 4 aliphatic rings. The van der Waals surface area contributed by atoms with Crippen molar-refractivity contribution >= 4 is 22.8 Å². The average Bonchev–Trinajstić information content (AvgIpc) is 3.17. The number of hydrogen-bond donors (Lipinski definition) is 0. The van der Waals surface area contributed by atoms with Crippen molar-refractivity contribution in [2.24, 2.45) is 9.98 Å². The summed E-state index contributed by atoms with van der Waals surface area (Å²) >= 11 is 0. The Labute approximate surface area is 310 Å². The second-order valence-electron chi connectivity index (χ2n) is 17.2. The summed E-state index contributed by atoms with van der Waals surface area (Å²) in [4.78, 5) is 16.6. The molecule has 4 fully saturated rings. The molecule has 1 aromatic heterocycles. The topological polar surface area (TPSA) is 37.6 Å². The minimum atomic E-state index is 0.620. The SMILES string of the molecule is CC(=Nc1c(C2CCCCC2)cc(C)cc1C1CCCCC1)c1cc(C)cc(C(C)=Nc2c(C3CCCCC3)cc(C)cc2C2CCCCC2)n1. The highest BCUT2D eigenvalue weighted by Crippen LogP contribution is 2.47. The van der Waals surface area contributed by atoms with Crippen LogP contribution in [-0.4, -0.2) is 16.4 Å². The Bertz CT molecular complexity index is 1520. The van der Waals surface area contributed by atoms with Gasteiger partial charge in [-0.3, -0.25) is 9.98 Å². The standard InChI is InChI=1S/C48H65N3/c1-32-26-41(37-18-10-6-11-19-37)47(42(27-32)38-20-12-7-13-21-38)49-35(4)45-30-34(3)31-46(51-45)36(5)50-48-43(39-22-14-8-15-23-39)28-33(2)29-44(48)40-24-16-9-17-25-40/h26-31,37-40H,6-25H2,1-5H3. The van der Waals surface area contributed by atoms with Gasteiger partial charge in [-0.1, -0.05) is 112 Å². The van der Waals surface area contributed by atoms with Crippen molar-refractivity contribution in [3.8, 4) is 0 Å². The molecule has 4 aliphatic carbocycles. The van der Waals surface area contributed by atoms with Crippen molar-refractivity contribution in [3.05, 3.63) is 86.7 Å². The lowest BCUT2D eigenvalue weighted by Gasteiger charge is -2.29. The minimum absolute atomic E-state index is 0.620. The number of aliphatic imine (C=N–C) groups is 2. The summed E-state index contributed by atoms with van der Waals surface area (Å²) < 4.78 is 0. The molecule has 0 aliphatic heterocycles. The van der Waals surface area contributed by atoms with E-state index in [0.717, 1.165) is 22.8 Å². The second-order valence-corrected chi connectivity index (χ2v) is 17.2. The summed E-state index contributed by atoms with van der Waals surface area (Å²) in [5, 5.41) is 0. The molecular weight excluding hydrogens is 619 g/mol.